The van der Waals surface area contributed by atoms with E-state index >= 15 is 0 Å². The zero-order valence-corrected chi connectivity index (χ0v) is 8.95. The van der Waals surface area contributed by atoms with Gasteiger partial charge >= 0.3 is 0 Å². The monoisotopic (exact) mass is 229 g/mol. The van der Waals surface area contributed by atoms with Gasteiger partial charge in [-0.1, -0.05) is 11.6 Å². The molecule has 0 aliphatic heterocycles. The third kappa shape index (κ3) is 3.42. The summed E-state index contributed by atoms with van der Waals surface area (Å²) in [4.78, 5) is 11.5. The highest BCUT2D eigenvalue weighted by Crippen LogP contribution is 2.23. The topological polar surface area (TPSA) is 69.6 Å². The molecule has 0 radical (unpaired) electrons. The standard InChI is InChI=1S/C10H12ClNO3/c1-6(13)5-12-10(15)7-2-3-9(14)8(11)4-7/h2-4,6,13-14H,5H2,1H3,(H,12,15)/t6-/m1/s1. The van der Waals surface area contributed by atoms with E-state index in [0.29, 0.717) is 5.56 Å². The first-order valence-corrected chi connectivity index (χ1v) is 4.83. The fourth-order valence-electron chi connectivity index (χ4n) is 0.991. The van der Waals surface area contributed by atoms with Crippen molar-refractivity contribution in [3.63, 3.8) is 0 Å². The Kier molecular flexibility index (Phi) is 3.94. The molecule has 5 heteroatoms. The number of nitrogens with one attached hydrogen (secondary N) is 1. The lowest BCUT2D eigenvalue weighted by Gasteiger charge is -2.07. The molecule has 1 aromatic rings. The number of phenols is 1. The average molecular weight is 230 g/mol. The van der Waals surface area contributed by atoms with Gasteiger partial charge in [0.25, 0.3) is 5.91 Å². The van der Waals surface area contributed by atoms with Crippen molar-refractivity contribution in [3.05, 3.63) is 28.8 Å². The van der Waals surface area contributed by atoms with Crippen LogP contribution in [-0.2, 0) is 0 Å². The van der Waals surface area contributed by atoms with Gasteiger partial charge in [0.05, 0.1) is 11.1 Å². The number of carbonyl (C=O) groups is 1. The van der Waals surface area contributed by atoms with E-state index in [2.05, 4.69) is 5.32 Å². The van der Waals surface area contributed by atoms with Gasteiger partial charge in [-0.15, -0.1) is 0 Å². The zero-order chi connectivity index (χ0) is 11.4. The molecule has 1 rings (SSSR count). The summed E-state index contributed by atoms with van der Waals surface area (Å²) >= 11 is 5.64. The number of benzene rings is 1. The molecule has 0 spiro atoms. The molecule has 3 N–H and O–H groups in total. The molecule has 0 bridgehead atoms. The second-order valence-electron chi connectivity index (χ2n) is 3.23. The average Bonchev–Trinajstić information content (AvgIpc) is 2.18. The van der Waals surface area contributed by atoms with Crippen molar-refractivity contribution in [2.45, 2.75) is 13.0 Å². The summed E-state index contributed by atoms with van der Waals surface area (Å²) in [7, 11) is 0. The second-order valence-corrected chi connectivity index (χ2v) is 3.63. The quantitative estimate of drug-likeness (QED) is 0.729. The molecule has 0 aliphatic rings. The summed E-state index contributed by atoms with van der Waals surface area (Å²) in [5.74, 6) is -0.401. The maximum atomic E-state index is 11.5. The lowest BCUT2D eigenvalue weighted by atomic mass is 10.2. The van der Waals surface area contributed by atoms with Crippen LogP contribution in [-0.4, -0.2) is 28.8 Å². The molecule has 0 heterocycles. The normalized spacial score (nSPS) is 12.2. The minimum Gasteiger partial charge on any atom is -0.506 e. The number of carbonyl (C=O) groups excluding carboxylic acids is 1. The van der Waals surface area contributed by atoms with Crippen LogP contribution in [0.4, 0.5) is 0 Å². The Hall–Kier alpha value is -1.26. The number of aliphatic hydroxyl groups is 1. The molecule has 1 amide bonds. The van der Waals surface area contributed by atoms with E-state index in [4.69, 9.17) is 21.8 Å². The summed E-state index contributed by atoms with van der Waals surface area (Å²) in [5.41, 5.74) is 0.346. The van der Waals surface area contributed by atoms with Crippen LogP contribution < -0.4 is 5.32 Å². The van der Waals surface area contributed by atoms with E-state index in [1.165, 1.54) is 18.2 Å². The van der Waals surface area contributed by atoms with Gasteiger partial charge in [-0.2, -0.15) is 0 Å². The molecule has 0 aliphatic carbocycles. The molecule has 1 atom stereocenters. The van der Waals surface area contributed by atoms with Gasteiger partial charge in [-0.05, 0) is 25.1 Å². The van der Waals surface area contributed by atoms with E-state index in [9.17, 15) is 4.79 Å². The second kappa shape index (κ2) is 5.00. The Morgan fingerprint density at radius 3 is 2.80 bits per heavy atom. The molecule has 1 aromatic carbocycles. The van der Waals surface area contributed by atoms with Gasteiger partial charge in [0.2, 0.25) is 0 Å². The maximum absolute atomic E-state index is 11.5. The Morgan fingerprint density at radius 2 is 2.27 bits per heavy atom. The first kappa shape index (κ1) is 11.8. The molecule has 0 saturated carbocycles. The molecule has 0 aromatic heterocycles. The van der Waals surface area contributed by atoms with Gasteiger partial charge in [-0.25, -0.2) is 0 Å². The molecule has 4 nitrogen and oxygen atoms in total. The van der Waals surface area contributed by atoms with E-state index in [-0.39, 0.29) is 23.2 Å². The van der Waals surface area contributed by atoms with Crippen molar-refractivity contribution < 1.29 is 15.0 Å². The first-order chi connectivity index (χ1) is 7.00. The number of aromatic hydroxyl groups is 1. The minimum absolute atomic E-state index is 0.0660. The van der Waals surface area contributed by atoms with Gasteiger partial charge in [0.1, 0.15) is 5.75 Å². The molecular weight excluding hydrogens is 218 g/mol. The van der Waals surface area contributed by atoms with E-state index in [1.807, 2.05) is 0 Å². The summed E-state index contributed by atoms with van der Waals surface area (Å²) in [6, 6.07) is 4.17. The van der Waals surface area contributed by atoms with Crippen molar-refractivity contribution in [2.75, 3.05) is 6.54 Å². The fraction of sp³-hybridized carbons (Fsp3) is 0.300. The van der Waals surface area contributed by atoms with Crippen molar-refractivity contribution >= 4 is 17.5 Å². The summed E-state index contributed by atoms with van der Waals surface area (Å²) in [6.07, 6.45) is -0.596. The van der Waals surface area contributed by atoms with E-state index < -0.39 is 6.10 Å². The highest BCUT2D eigenvalue weighted by Gasteiger charge is 2.08. The van der Waals surface area contributed by atoms with Gasteiger partial charge in [-0.3, -0.25) is 4.79 Å². The Bertz CT molecular complexity index is 366. The summed E-state index contributed by atoms with van der Waals surface area (Å²) in [5, 5.41) is 20.7. The van der Waals surface area contributed by atoms with Gasteiger partial charge in [0.15, 0.2) is 0 Å². The van der Waals surface area contributed by atoms with Crippen LogP contribution in [0.3, 0.4) is 0 Å². The number of rotatable bonds is 3. The van der Waals surface area contributed by atoms with Gasteiger partial charge in [0, 0.05) is 12.1 Å². The number of aliphatic hydroxyl groups excluding tert-OH is 1. The first-order valence-electron chi connectivity index (χ1n) is 4.45. The van der Waals surface area contributed by atoms with Crippen LogP contribution in [0.5, 0.6) is 5.75 Å². The lowest BCUT2D eigenvalue weighted by Crippen LogP contribution is -2.30. The van der Waals surface area contributed by atoms with Crippen LogP contribution in [0, 0.1) is 0 Å². The molecule has 0 saturated heterocycles. The fourth-order valence-corrected chi connectivity index (χ4v) is 1.17. The number of halogens is 1. The molecular formula is C10H12ClNO3. The third-order valence-electron chi connectivity index (χ3n) is 1.77. The third-order valence-corrected chi connectivity index (χ3v) is 2.07. The van der Waals surface area contributed by atoms with Crippen LogP contribution in [0.2, 0.25) is 5.02 Å². The Labute approximate surface area is 92.5 Å². The molecule has 0 fully saturated rings. The number of phenolic OH excluding ortho intramolecular Hbond substituents is 1. The van der Waals surface area contributed by atoms with E-state index in [1.54, 1.807) is 6.92 Å². The van der Waals surface area contributed by atoms with Crippen molar-refractivity contribution in [1.82, 2.24) is 5.32 Å². The Balaban J connectivity index is 2.70. The highest BCUT2D eigenvalue weighted by atomic mass is 35.5. The molecule has 15 heavy (non-hydrogen) atoms. The predicted octanol–water partition coefficient (Wildman–Crippen LogP) is 1.16. The van der Waals surface area contributed by atoms with Crippen LogP contribution in [0.25, 0.3) is 0 Å². The number of hydrogen-bond donors (Lipinski definition) is 3. The maximum Gasteiger partial charge on any atom is 0.251 e. The number of amides is 1. The smallest absolute Gasteiger partial charge is 0.251 e. The van der Waals surface area contributed by atoms with Crippen molar-refractivity contribution in [2.24, 2.45) is 0 Å². The van der Waals surface area contributed by atoms with Gasteiger partial charge < -0.3 is 15.5 Å². The zero-order valence-electron chi connectivity index (χ0n) is 8.20. The SMILES string of the molecule is C[C@@H](O)CNC(=O)c1ccc(O)c(Cl)c1. The Morgan fingerprint density at radius 1 is 1.60 bits per heavy atom. The molecule has 0 unspecified atom stereocenters. The summed E-state index contributed by atoms with van der Waals surface area (Å²) in [6.45, 7) is 1.75. The largest absolute Gasteiger partial charge is 0.506 e. The molecule has 82 valence electrons. The van der Waals surface area contributed by atoms with Crippen molar-refractivity contribution in [3.8, 4) is 5.75 Å². The minimum atomic E-state index is -0.596. The van der Waals surface area contributed by atoms with E-state index in [0.717, 1.165) is 0 Å². The van der Waals surface area contributed by atoms with Crippen LogP contribution in [0.1, 0.15) is 17.3 Å². The number of hydrogen-bond acceptors (Lipinski definition) is 3. The predicted molar refractivity (Wildman–Crippen MR) is 57.1 cm³/mol. The summed E-state index contributed by atoms with van der Waals surface area (Å²) < 4.78 is 0. The van der Waals surface area contributed by atoms with Crippen LogP contribution >= 0.6 is 11.6 Å². The lowest BCUT2D eigenvalue weighted by molar-refractivity contribution is 0.0924. The van der Waals surface area contributed by atoms with Crippen LogP contribution in [0.15, 0.2) is 18.2 Å². The van der Waals surface area contributed by atoms with Crippen molar-refractivity contribution in [1.29, 1.82) is 0 Å². The highest BCUT2D eigenvalue weighted by molar-refractivity contribution is 6.32.